The van der Waals surface area contributed by atoms with Gasteiger partial charge in [-0.2, -0.15) is 13.2 Å². The van der Waals surface area contributed by atoms with Gasteiger partial charge in [0.1, 0.15) is 17.1 Å². The first-order valence-electron chi connectivity index (χ1n) is 6.94. The number of hydrogen-bond acceptors (Lipinski definition) is 3. The van der Waals surface area contributed by atoms with Gasteiger partial charge in [0.05, 0.1) is 14.2 Å². The third kappa shape index (κ3) is 3.10. The fraction of sp³-hybridized carbons (Fsp3) is 0.600. The summed E-state index contributed by atoms with van der Waals surface area (Å²) in [6.07, 6.45) is -0.366. The molecule has 0 spiro atoms. The molecule has 1 aliphatic carbocycles. The van der Waals surface area contributed by atoms with E-state index in [1.807, 2.05) is 0 Å². The summed E-state index contributed by atoms with van der Waals surface area (Å²) in [7, 11) is 2.59. The van der Waals surface area contributed by atoms with Crippen molar-refractivity contribution in [3.05, 3.63) is 23.3 Å². The minimum absolute atomic E-state index is 0.147. The lowest BCUT2D eigenvalue weighted by Crippen LogP contribution is -2.39. The summed E-state index contributed by atoms with van der Waals surface area (Å²) in [6, 6.07) is 2.52. The van der Waals surface area contributed by atoms with Gasteiger partial charge in [-0.1, -0.05) is 19.3 Å². The van der Waals surface area contributed by atoms with Crippen LogP contribution in [-0.4, -0.2) is 14.2 Å². The van der Waals surface area contributed by atoms with Gasteiger partial charge in [-0.3, -0.25) is 0 Å². The number of methoxy groups -OCH3 is 2. The summed E-state index contributed by atoms with van der Waals surface area (Å²) < 4.78 is 49.8. The molecule has 1 aromatic carbocycles. The van der Waals surface area contributed by atoms with Gasteiger partial charge in [0, 0.05) is 11.1 Å². The van der Waals surface area contributed by atoms with Crippen molar-refractivity contribution >= 4 is 0 Å². The van der Waals surface area contributed by atoms with Crippen molar-refractivity contribution in [3.8, 4) is 11.5 Å². The number of benzene rings is 1. The van der Waals surface area contributed by atoms with Crippen molar-refractivity contribution in [2.24, 2.45) is 5.73 Å². The zero-order valence-corrected chi connectivity index (χ0v) is 12.2. The van der Waals surface area contributed by atoms with E-state index in [0.717, 1.165) is 25.3 Å². The van der Waals surface area contributed by atoms with Crippen LogP contribution in [0.1, 0.15) is 43.2 Å². The molecule has 2 N–H and O–H groups in total. The molecule has 3 nitrogen and oxygen atoms in total. The molecule has 118 valence electrons. The monoisotopic (exact) mass is 303 g/mol. The van der Waals surface area contributed by atoms with Crippen molar-refractivity contribution in [2.45, 2.75) is 43.8 Å². The highest BCUT2D eigenvalue weighted by Gasteiger charge is 2.40. The summed E-state index contributed by atoms with van der Waals surface area (Å²) >= 11 is 0. The molecule has 1 fully saturated rings. The Kier molecular flexibility index (Phi) is 4.37. The maximum absolute atomic E-state index is 13.2. The van der Waals surface area contributed by atoms with Gasteiger partial charge in [0.2, 0.25) is 0 Å². The van der Waals surface area contributed by atoms with Crippen LogP contribution in [0, 0.1) is 0 Å². The van der Waals surface area contributed by atoms with E-state index >= 15 is 0 Å². The predicted octanol–water partition coefficient (Wildman–Crippen LogP) is 3.84. The second kappa shape index (κ2) is 5.75. The molecule has 0 radical (unpaired) electrons. The number of ether oxygens (including phenoxy) is 2. The maximum atomic E-state index is 13.2. The molecule has 0 heterocycles. The van der Waals surface area contributed by atoms with E-state index in [2.05, 4.69) is 0 Å². The highest BCUT2D eigenvalue weighted by molar-refractivity contribution is 5.52. The van der Waals surface area contributed by atoms with E-state index in [4.69, 9.17) is 15.2 Å². The van der Waals surface area contributed by atoms with Gasteiger partial charge in [0.15, 0.2) is 0 Å². The van der Waals surface area contributed by atoms with Gasteiger partial charge in [-0.05, 0) is 25.0 Å². The van der Waals surface area contributed by atoms with E-state index in [0.29, 0.717) is 18.4 Å². The molecule has 1 saturated carbocycles. The molecule has 0 saturated heterocycles. The van der Waals surface area contributed by atoms with Crippen LogP contribution in [0.3, 0.4) is 0 Å². The fourth-order valence-electron chi connectivity index (χ4n) is 2.97. The van der Waals surface area contributed by atoms with Crippen LogP contribution < -0.4 is 15.2 Å². The average Bonchev–Trinajstić information content (AvgIpc) is 2.45. The number of halogens is 3. The van der Waals surface area contributed by atoms with Gasteiger partial charge in [0.25, 0.3) is 0 Å². The largest absolute Gasteiger partial charge is 0.497 e. The quantitative estimate of drug-likeness (QED) is 0.922. The molecule has 0 bridgehead atoms. The summed E-state index contributed by atoms with van der Waals surface area (Å²) in [5.41, 5.74) is 5.14. The Bertz CT molecular complexity index is 508. The standard InChI is InChI=1S/C15H20F3NO2/c1-20-10-8-11(14(19)6-4-3-5-7-14)13(21-2)12(9-10)15(16,17)18/h8-9H,3-7,19H2,1-2H3. The van der Waals surface area contributed by atoms with Crippen LogP contribution in [0.4, 0.5) is 13.2 Å². The summed E-state index contributed by atoms with van der Waals surface area (Å²) in [5, 5.41) is 0. The van der Waals surface area contributed by atoms with Crippen LogP contribution in [0.15, 0.2) is 12.1 Å². The van der Waals surface area contributed by atoms with E-state index in [9.17, 15) is 13.2 Å². The molecule has 21 heavy (non-hydrogen) atoms. The Morgan fingerprint density at radius 2 is 1.67 bits per heavy atom. The summed E-state index contributed by atoms with van der Waals surface area (Å²) in [6.45, 7) is 0. The lowest BCUT2D eigenvalue weighted by molar-refractivity contribution is -0.139. The van der Waals surface area contributed by atoms with Crippen LogP contribution in [-0.2, 0) is 11.7 Å². The smallest absolute Gasteiger partial charge is 0.420 e. The predicted molar refractivity (Wildman–Crippen MR) is 73.5 cm³/mol. The molecule has 1 aliphatic rings. The first-order chi connectivity index (χ1) is 9.81. The van der Waals surface area contributed by atoms with E-state index in [1.54, 1.807) is 6.07 Å². The molecular weight excluding hydrogens is 283 g/mol. The lowest BCUT2D eigenvalue weighted by atomic mass is 9.76. The maximum Gasteiger partial charge on any atom is 0.420 e. The van der Waals surface area contributed by atoms with Crippen molar-refractivity contribution in [1.82, 2.24) is 0 Å². The second-order valence-electron chi connectivity index (χ2n) is 5.47. The van der Waals surface area contributed by atoms with Crippen molar-refractivity contribution in [3.63, 3.8) is 0 Å². The molecule has 2 rings (SSSR count). The van der Waals surface area contributed by atoms with Crippen LogP contribution in [0.25, 0.3) is 0 Å². The Morgan fingerprint density at radius 3 is 2.14 bits per heavy atom. The molecule has 6 heteroatoms. The first kappa shape index (κ1) is 15.9. The minimum Gasteiger partial charge on any atom is -0.497 e. The van der Waals surface area contributed by atoms with E-state index in [-0.39, 0.29) is 11.5 Å². The van der Waals surface area contributed by atoms with Gasteiger partial charge >= 0.3 is 6.18 Å². The second-order valence-corrected chi connectivity index (χ2v) is 5.47. The zero-order valence-electron chi connectivity index (χ0n) is 12.2. The molecule has 0 amide bonds. The topological polar surface area (TPSA) is 44.5 Å². The van der Waals surface area contributed by atoms with Crippen molar-refractivity contribution in [2.75, 3.05) is 14.2 Å². The van der Waals surface area contributed by atoms with Crippen LogP contribution >= 0.6 is 0 Å². The van der Waals surface area contributed by atoms with Gasteiger partial charge < -0.3 is 15.2 Å². The lowest BCUT2D eigenvalue weighted by Gasteiger charge is -2.35. The number of nitrogens with two attached hydrogens (primary N) is 1. The molecule has 0 unspecified atom stereocenters. The number of hydrogen-bond donors (Lipinski definition) is 1. The van der Waals surface area contributed by atoms with Crippen molar-refractivity contribution < 1.29 is 22.6 Å². The van der Waals surface area contributed by atoms with Gasteiger partial charge in [-0.25, -0.2) is 0 Å². The highest BCUT2D eigenvalue weighted by Crippen LogP contribution is 2.46. The number of rotatable bonds is 3. The average molecular weight is 303 g/mol. The zero-order chi connectivity index (χ0) is 15.7. The SMILES string of the molecule is COc1cc(C(F)(F)F)c(OC)c(C2(N)CCCCC2)c1. The molecule has 0 atom stereocenters. The molecular formula is C15H20F3NO2. The normalized spacial score (nSPS) is 18.4. The van der Waals surface area contributed by atoms with E-state index in [1.165, 1.54) is 14.2 Å². The summed E-state index contributed by atoms with van der Waals surface area (Å²) in [4.78, 5) is 0. The Morgan fingerprint density at radius 1 is 1.05 bits per heavy atom. The third-order valence-electron chi connectivity index (χ3n) is 4.09. The Balaban J connectivity index is 2.63. The molecule has 1 aromatic rings. The van der Waals surface area contributed by atoms with Crippen molar-refractivity contribution in [1.29, 1.82) is 0 Å². The molecule has 0 aliphatic heterocycles. The van der Waals surface area contributed by atoms with Crippen LogP contribution in [0.5, 0.6) is 11.5 Å². The Hall–Kier alpha value is -1.43. The third-order valence-corrected chi connectivity index (χ3v) is 4.09. The minimum atomic E-state index is -4.51. The van der Waals surface area contributed by atoms with Crippen LogP contribution in [0.2, 0.25) is 0 Å². The Labute approximate surface area is 122 Å². The highest BCUT2D eigenvalue weighted by atomic mass is 19.4. The first-order valence-corrected chi connectivity index (χ1v) is 6.94. The van der Waals surface area contributed by atoms with E-state index < -0.39 is 17.3 Å². The molecule has 0 aromatic heterocycles. The fourth-order valence-corrected chi connectivity index (χ4v) is 2.97. The van der Waals surface area contributed by atoms with Gasteiger partial charge in [-0.15, -0.1) is 0 Å². The summed E-state index contributed by atoms with van der Waals surface area (Å²) in [5.74, 6) is -0.0405. The number of alkyl halides is 3.